The van der Waals surface area contributed by atoms with Crippen LogP contribution in [-0.2, 0) is 28.9 Å². The average Bonchev–Trinajstić information content (AvgIpc) is 3.28. The van der Waals surface area contributed by atoms with Gasteiger partial charge < -0.3 is 25.7 Å². The molecule has 4 N–H and O–H groups in total. The number of aliphatic hydroxyl groups is 2. The number of aliphatic hydroxyl groups excluding tert-OH is 2. The highest BCUT2D eigenvalue weighted by Crippen LogP contribution is 2.32. The van der Waals surface area contributed by atoms with E-state index in [0.717, 1.165) is 22.3 Å². The highest BCUT2D eigenvalue weighted by Gasteiger charge is 2.41. The van der Waals surface area contributed by atoms with Gasteiger partial charge in [-0.2, -0.15) is 0 Å². The van der Waals surface area contributed by atoms with Gasteiger partial charge in [-0.25, -0.2) is 0 Å². The predicted octanol–water partition coefficient (Wildman–Crippen LogP) is 3.19. The number of carbonyl (C=O) groups excluding carboxylic acids is 2. The molecule has 1 saturated heterocycles. The van der Waals surface area contributed by atoms with Crippen molar-refractivity contribution in [1.29, 1.82) is 0 Å². The second kappa shape index (κ2) is 12.6. The van der Waals surface area contributed by atoms with Crippen LogP contribution in [0.5, 0.6) is 0 Å². The molecule has 1 aliphatic heterocycles. The number of β-amino-alcohol motifs (C(OH)–C–C–N with tert-alkyl or cyclic N) is 1. The van der Waals surface area contributed by atoms with E-state index in [1.54, 1.807) is 4.90 Å². The summed E-state index contributed by atoms with van der Waals surface area (Å²) in [6.45, 7) is 4.50. The topological polar surface area (TPSA) is 102 Å². The SMILES string of the molecule is CC1(C)NC[C@H](Cc2ccccc2)N(CC(O)CC(Cc2ccccc2)C(=O)N[C@H]2c3ccccc3C[C@H]2O)C1=O. The molecule has 0 bridgehead atoms. The summed E-state index contributed by atoms with van der Waals surface area (Å²) in [6, 6.07) is 27.0. The summed E-state index contributed by atoms with van der Waals surface area (Å²) >= 11 is 0. The first-order valence-electron chi connectivity index (χ1n) is 14.6. The molecule has 2 unspecified atom stereocenters. The number of rotatable bonds is 10. The van der Waals surface area contributed by atoms with Gasteiger partial charge in [-0.3, -0.25) is 9.59 Å². The predicted molar refractivity (Wildman–Crippen MR) is 159 cm³/mol. The Labute approximate surface area is 242 Å². The van der Waals surface area contributed by atoms with Crippen molar-refractivity contribution in [3.63, 3.8) is 0 Å². The van der Waals surface area contributed by atoms with Gasteiger partial charge in [0.05, 0.1) is 23.8 Å². The highest BCUT2D eigenvalue weighted by atomic mass is 16.3. The number of nitrogens with zero attached hydrogens (tertiary/aromatic N) is 1. The quantitative estimate of drug-likeness (QED) is 0.308. The number of nitrogens with one attached hydrogen (secondary N) is 2. The maximum absolute atomic E-state index is 13.7. The van der Waals surface area contributed by atoms with E-state index in [2.05, 4.69) is 22.8 Å². The van der Waals surface area contributed by atoms with Gasteiger partial charge in [0, 0.05) is 31.5 Å². The molecule has 2 aliphatic rings. The Hall–Kier alpha value is -3.52. The molecule has 3 aromatic carbocycles. The van der Waals surface area contributed by atoms with Crippen LogP contribution >= 0.6 is 0 Å². The zero-order chi connectivity index (χ0) is 29.0. The molecule has 5 rings (SSSR count). The van der Waals surface area contributed by atoms with E-state index in [0.29, 0.717) is 25.8 Å². The van der Waals surface area contributed by atoms with E-state index in [-0.39, 0.29) is 30.8 Å². The summed E-state index contributed by atoms with van der Waals surface area (Å²) in [5, 5.41) is 28.6. The van der Waals surface area contributed by atoms with Gasteiger partial charge in [0.1, 0.15) is 0 Å². The Balaban J connectivity index is 1.32. The van der Waals surface area contributed by atoms with Crippen molar-refractivity contribution in [1.82, 2.24) is 15.5 Å². The molecule has 0 aromatic heterocycles. The van der Waals surface area contributed by atoms with Crippen LogP contribution in [0, 0.1) is 5.92 Å². The van der Waals surface area contributed by atoms with Crippen molar-refractivity contribution in [3.05, 3.63) is 107 Å². The minimum Gasteiger partial charge on any atom is -0.391 e. The van der Waals surface area contributed by atoms with Crippen LogP contribution in [0.4, 0.5) is 0 Å². The molecule has 0 spiro atoms. The zero-order valence-corrected chi connectivity index (χ0v) is 23.9. The Kier molecular flexibility index (Phi) is 8.88. The van der Waals surface area contributed by atoms with Crippen LogP contribution < -0.4 is 10.6 Å². The first-order valence-corrected chi connectivity index (χ1v) is 14.6. The van der Waals surface area contributed by atoms with E-state index >= 15 is 0 Å². The molecule has 0 saturated carbocycles. The molecule has 1 aliphatic carbocycles. The van der Waals surface area contributed by atoms with Gasteiger partial charge in [0.25, 0.3) is 0 Å². The number of hydrogen-bond donors (Lipinski definition) is 4. The van der Waals surface area contributed by atoms with E-state index in [9.17, 15) is 19.8 Å². The van der Waals surface area contributed by atoms with Crippen molar-refractivity contribution in [2.45, 2.75) is 69.4 Å². The number of carbonyl (C=O) groups is 2. The summed E-state index contributed by atoms with van der Waals surface area (Å²) in [5.74, 6) is -0.800. The molecule has 0 radical (unpaired) electrons. The molecule has 41 heavy (non-hydrogen) atoms. The molecular formula is C34H41N3O4. The van der Waals surface area contributed by atoms with Crippen LogP contribution in [-0.4, -0.2) is 63.8 Å². The normalized spacial score (nSPS) is 23.1. The van der Waals surface area contributed by atoms with E-state index in [1.807, 2.05) is 86.6 Å². The minimum atomic E-state index is -0.897. The van der Waals surface area contributed by atoms with Gasteiger partial charge in [0.2, 0.25) is 11.8 Å². The maximum Gasteiger partial charge on any atom is 0.242 e. The van der Waals surface area contributed by atoms with Crippen molar-refractivity contribution in [3.8, 4) is 0 Å². The first kappa shape index (κ1) is 29.0. The molecule has 7 nitrogen and oxygen atoms in total. The summed E-state index contributed by atoms with van der Waals surface area (Å²) in [7, 11) is 0. The lowest BCUT2D eigenvalue weighted by Gasteiger charge is -2.45. The molecular weight excluding hydrogens is 514 g/mol. The summed E-state index contributed by atoms with van der Waals surface area (Å²) in [5.41, 5.74) is 3.36. The van der Waals surface area contributed by atoms with E-state index < -0.39 is 29.7 Å². The molecule has 7 heteroatoms. The third kappa shape index (κ3) is 6.87. The van der Waals surface area contributed by atoms with Crippen LogP contribution in [0.2, 0.25) is 0 Å². The van der Waals surface area contributed by atoms with Gasteiger partial charge in [0.15, 0.2) is 0 Å². The van der Waals surface area contributed by atoms with Crippen molar-refractivity contribution in [2.24, 2.45) is 5.92 Å². The van der Waals surface area contributed by atoms with Crippen LogP contribution in [0.3, 0.4) is 0 Å². The lowest BCUT2D eigenvalue weighted by molar-refractivity contribution is -0.145. The number of benzene rings is 3. The number of piperazine rings is 1. The molecule has 1 fully saturated rings. The zero-order valence-electron chi connectivity index (χ0n) is 23.9. The molecule has 216 valence electrons. The summed E-state index contributed by atoms with van der Waals surface area (Å²) < 4.78 is 0. The Morgan fingerprint density at radius 2 is 1.63 bits per heavy atom. The van der Waals surface area contributed by atoms with Crippen LogP contribution in [0.1, 0.15) is 48.6 Å². The lowest BCUT2D eigenvalue weighted by Crippen LogP contribution is -2.66. The monoisotopic (exact) mass is 555 g/mol. The van der Waals surface area contributed by atoms with Crippen molar-refractivity contribution < 1.29 is 19.8 Å². The largest absolute Gasteiger partial charge is 0.391 e. The Morgan fingerprint density at radius 3 is 2.34 bits per heavy atom. The number of hydrogen-bond acceptors (Lipinski definition) is 5. The third-order valence-electron chi connectivity index (χ3n) is 8.49. The first-order chi connectivity index (χ1) is 19.7. The number of amides is 2. The number of fused-ring (bicyclic) bond motifs is 1. The Bertz CT molecular complexity index is 1330. The van der Waals surface area contributed by atoms with Gasteiger partial charge in [-0.1, -0.05) is 84.9 Å². The van der Waals surface area contributed by atoms with Crippen molar-refractivity contribution in [2.75, 3.05) is 13.1 Å². The molecule has 3 aromatic rings. The van der Waals surface area contributed by atoms with E-state index in [1.165, 1.54) is 0 Å². The van der Waals surface area contributed by atoms with E-state index in [4.69, 9.17) is 0 Å². The highest BCUT2D eigenvalue weighted by molar-refractivity contribution is 5.86. The third-order valence-corrected chi connectivity index (χ3v) is 8.49. The van der Waals surface area contributed by atoms with Crippen LogP contribution in [0.15, 0.2) is 84.9 Å². The summed E-state index contributed by atoms with van der Waals surface area (Å²) in [6.07, 6.45) is 0.222. The second-order valence-corrected chi connectivity index (χ2v) is 12.0. The Morgan fingerprint density at radius 1 is 1.00 bits per heavy atom. The fourth-order valence-corrected chi connectivity index (χ4v) is 6.21. The molecule has 2 amide bonds. The lowest BCUT2D eigenvalue weighted by atomic mass is 9.90. The summed E-state index contributed by atoms with van der Waals surface area (Å²) in [4.78, 5) is 29.1. The molecule has 5 atom stereocenters. The van der Waals surface area contributed by atoms with Crippen LogP contribution in [0.25, 0.3) is 0 Å². The fraction of sp³-hybridized carbons (Fsp3) is 0.412. The van der Waals surface area contributed by atoms with Gasteiger partial charge in [-0.05, 0) is 55.4 Å². The van der Waals surface area contributed by atoms with Crippen molar-refractivity contribution >= 4 is 11.8 Å². The molecule has 1 heterocycles. The van der Waals surface area contributed by atoms with Gasteiger partial charge >= 0.3 is 0 Å². The maximum atomic E-state index is 13.7. The standard InChI is InChI=1S/C34H41N3O4/c1-34(2)33(41)37(27(21-35-34)18-24-13-7-4-8-14-24)22-28(38)19-26(17-23-11-5-3-6-12-23)32(40)36-31-29-16-10-9-15-25(29)20-30(31)39/h3-16,26-28,30-31,35,38-39H,17-22H2,1-2H3,(H,36,40)/t26?,27-,28?,30+,31-/m0/s1. The second-order valence-electron chi connectivity index (χ2n) is 12.0. The average molecular weight is 556 g/mol. The minimum absolute atomic E-state index is 0.0570. The smallest absolute Gasteiger partial charge is 0.242 e. The van der Waals surface area contributed by atoms with Gasteiger partial charge in [-0.15, -0.1) is 0 Å². The fourth-order valence-electron chi connectivity index (χ4n) is 6.21.